The second kappa shape index (κ2) is 7.29. The zero-order chi connectivity index (χ0) is 16.9. The largest absolute Gasteiger partial charge is 0.481 e. The van der Waals surface area contributed by atoms with Gasteiger partial charge in [0, 0.05) is 12.1 Å². The molecule has 122 valence electrons. The zero-order valence-corrected chi connectivity index (χ0v) is 13.9. The van der Waals surface area contributed by atoms with Crippen molar-refractivity contribution in [3.8, 4) is 5.75 Å². The zero-order valence-electron chi connectivity index (χ0n) is 13.9. The van der Waals surface area contributed by atoms with Crippen LogP contribution in [-0.2, 0) is 4.79 Å². The Kier molecular flexibility index (Phi) is 5.97. The van der Waals surface area contributed by atoms with Gasteiger partial charge in [-0.25, -0.2) is 4.79 Å². The van der Waals surface area contributed by atoms with Gasteiger partial charge in [0.2, 0.25) is 0 Å². The van der Waals surface area contributed by atoms with Crippen LogP contribution < -0.4 is 10.1 Å². The first-order valence-electron chi connectivity index (χ1n) is 7.34. The maximum atomic E-state index is 12.2. The first-order chi connectivity index (χ1) is 10.1. The SMILES string of the molecule is Cc1cc(C(=O)NCCC(C)(C)C)cc(C)c1OCC(=O)O. The number of benzene rings is 1. The Labute approximate surface area is 131 Å². The lowest BCUT2D eigenvalue weighted by Gasteiger charge is -2.18. The number of amides is 1. The Morgan fingerprint density at radius 3 is 2.18 bits per heavy atom. The summed E-state index contributed by atoms with van der Waals surface area (Å²) in [5, 5.41) is 11.6. The number of nitrogens with one attached hydrogen (secondary N) is 1. The van der Waals surface area contributed by atoms with E-state index in [1.807, 2.05) is 0 Å². The Balaban J connectivity index is 2.76. The normalized spacial score (nSPS) is 11.1. The van der Waals surface area contributed by atoms with Gasteiger partial charge < -0.3 is 15.2 Å². The Morgan fingerprint density at radius 2 is 1.73 bits per heavy atom. The smallest absolute Gasteiger partial charge is 0.341 e. The number of hydrogen-bond acceptors (Lipinski definition) is 3. The molecule has 2 N–H and O–H groups in total. The molecule has 0 bridgehead atoms. The summed E-state index contributed by atoms with van der Waals surface area (Å²) in [7, 11) is 0. The topological polar surface area (TPSA) is 75.6 Å². The van der Waals surface area contributed by atoms with E-state index in [4.69, 9.17) is 9.84 Å². The van der Waals surface area contributed by atoms with Gasteiger partial charge in [-0.15, -0.1) is 0 Å². The highest BCUT2D eigenvalue weighted by atomic mass is 16.5. The molecule has 5 nitrogen and oxygen atoms in total. The second-order valence-electron chi connectivity index (χ2n) is 6.69. The lowest BCUT2D eigenvalue weighted by Crippen LogP contribution is -2.27. The molecule has 0 saturated heterocycles. The standard InChI is InChI=1S/C17H25NO4/c1-11-8-13(16(21)18-7-6-17(3,4)5)9-12(2)15(11)22-10-14(19)20/h8-9H,6-7,10H2,1-5H3,(H,18,21)(H,19,20). The molecular formula is C17H25NO4. The molecule has 0 saturated carbocycles. The molecule has 1 amide bonds. The summed E-state index contributed by atoms with van der Waals surface area (Å²) < 4.78 is 5.26. The summed E-state index contributed by atoms with van der Waals surface area (Å²) in [5.74, 6) is -0.628. The Hall–Kier alpha value is -2.04. The summed E-state index contributed by atoms with van der Waals surface area (Å²) >= 11 is 0. The fourth-order valence-electron chi connectivity index (χ4n) is 2.10. The van der Waals surface area contributed by atoms with E-state index < -0.39 is 12.6 Å². The third-order valence-electron chi connectivity index (χ3n) is 3.22. The molecule has 0 spiro atoms. The summed E-state index contributed by atoms with van der Waals surface area (Å²) in [5.41, 5.74) is 2.24. The molecule has 1 aromatic rings. The third kappa shape index (κ3) is 5.76. The van der Waals surface area contributed by atoms with Crippen molar-refractivity contribution in [1.82, 2.24) is 5.32 Å². The van der Waals surface area contributed by atoms with Gasteiger partial charge in [-0.3, -0.25) is 4.79 Å². The van der Waals surface area contributed by atoms with Gasteiger partial charge in [0.1, 0.15) is 5.75 Å². The van der Waals surface area contributed by atoms with Gasteiger partial charge in [0.15, 0.2) is 6.61 Å². The number of rotatable bonds is 6. The van der Waals surface area contributed by atoms with Crippen molar-refractivity contribution in [2.24, 2.45) is 5.41 Å². The average molecular weight is 307 g/mol. The minimum Gasteiger partial charge on any atom is -0.481 e. The van der Waals surface area contributed by atoms with Crippen molar-refractivity contribution >= 4 is 11.9 Å². The molecule has 22 heavy (non-hydrogen) atoms. The molecule has 1 aromatic carbocycles. The van der Waals surface area contributed by atoms with Crippen LogP contribution in [-0.4, -0.2) is 30.1 Å². The molecule has 0 fully saturated rings. The van der Waals surface area contributed by atoms with Crippen LogP contribution in [0, 0.1) is 19.3 Å². The van der Waals surface area contributed by atoms with Crippen LogP contribution >= 0.6 is 0 Å². The van der Waals surface area contributed by atoms with Crippen LogP contribution in [0.25, 0.3) is 0 Å². The predicted molar refractivity (Wildman–Crippen MR) is 85.5 cm³/mol. The summed E-state index contributed by atoms with van der Waals surface area (Å²) in [4.78, 5) is 22.7. The lowest BCUT2D eigenvalue weighted by atomic mass is 9.92. The highest BCUT2D eigenvalue weighted by Gasteiger charge is 2.14. The Morgan fingerprint density at radius 1 is 1.18 bits per heavy atom. The number of aliphatic carboxylic acids is 1. The average Bonchev–Trinajstić information content (AvgIpc) is 2.35. The van der Waals surface area contributed by atoms with E-state index in [-0.39, 0.29) is 11.3 Å². The summed E-state index contributed by atoms with van der Waals surface area (Å²) in [6.45, 7) is 10.2. The molecule has 0 aliphatic carbocycles. The van der Waals surface area contributed by atoms with Crippen molar-refractivity contribution in [3.05, 3.63) is 28.8 Å². The minimum atomic E-state index is -1.03. The van der Waals surface area contributed by atoms with Crippen molar-refractivity contribution in [2.45, 2.75) is 41.0 Å². The third-order valence-corrected chi connectivity index (χ3v) is 3.22. The van der Waals surface area contributed by atoms with E-state index >= 15 is 0 Å². The number of carboxylic acid groups (broad SMARTS) is 1. The van der Waals surface area contributed by atoms with Gasteiger partial charge in [-0.1, -0.05) is 20.8 Å². The van der Waals surface area contributed by atoms with E-state index in [0.717, 1.165) is 17.5 Å². The fourth-order valence-corrected chi connectivity index (χ4v) is 2.10. The van der Waals surface area contributed by atoms with E-state index in [9.17, 15) is 9.59 Å². The van der Waals surface area contributed by atoms with Crippen molar-refractivity contribution < 1.29 is 19.4 Å². The van der Waals surface area contributed by atoms with Gasteiger partial charge in [0.05, 0.1) is 0 Å². The van der Waals surface area contributed by atoms with Crippen molar-refractivity contribution in [2.75, 3.05) is 13.2 Å². The monoisotopic (exact) mass is 307 g/mol. The van der Waals surface area contributed by atoms with E-state index in [2.05, 4.69) is 26.1 Å². The van der Waals surface area contributed by atoms with Gasteiger partial charge in [-0.2, -0.15) is 0 Å². The van der Waals surface area contributed by atoms with Crippen LogP contribution in [0.5, 0.6) is 5.75 Å². The highest BCUT2D eigenvalue weighted by molar-refractivity contribution is 5.94. The number of aryl methyl sites for hydroxylation is 2. The molecule has 0 atom stereocenters. The lowest BCUT2D eigenvalue weighted by molar-refractivity contribution is -0.139. The van der Waals surface area contributed by atoms with Crippen LogP contribution in [0.2, 0.25) is 0 Å². The quantitative estimate of drug-likeness (QED) is 0.847. The molecule has 0 unspecified atom stereocenters. The highest BCUT2D eigenvalue weighted by Crippen LogP contribution is 2.25. The molecule has 5 heteroatoms. The first-order valence-corrected chi connectivity index (χ1v) is 7.34. The molecule has 0 aromatic heterocycles. The van der Waals surface area contributed by atoms with E-state index in [0.29, 0.717) is 17.9 Å². The second-order valence-corrected chi connectivity index (χ2v) is 6.69. The molecule has 0 aliphatic heterocycles. The van der Waals surface area contributed by atoms with Crippen LogP contribution in [0.3, 0.4) is 0 Å². The number of carbonyl (C=O) groups excluding carboxylic acids is 1. The minimum absolute atomic E-state index is 0.125. The van der Waals surface area contributed by atoms with Crippen LogP contribution in [0.1, 0.15) is 48.7 Å². The van der Waals surface area contributed by atoms with Crippen LogP contribution in [0.4, 0.5) is 0 Å². The van der Waals surface area contributed by atoms with Gasteiger partial charge in [-0.05, 0) is 48.9 Å². The number of carbonyl (C=O) groups is 2. The van der Waals surface area contributed by atoms with E-state index in [1.54, 1.807) is 26.0 Å². The summed E-state index contributed by atoms with van der Waals surface area (Å²) in [6.07, 6.45) is 0.899. The van der Waals surface area contributed by atoms with Gasteiger partial charge in [0.25, 0.3) is 5.91 Å². The first kappa shape index (κ1) is 18.0. The maximum Gasteiger partial charge on any atom is 0.341 e. The summed E-state index contributed by atoms with van der Waals surface area (Å²) in [6, 6.07) is 3.44. The maximum absolute atomic E-state index is 12.2. The van der Waals surface area contributed by atoms with Crippen molar-refractivity contribution in [3.63, 3.8) is 0 Å². The molecule has 0 heterocycles. The number of carboxylic acids is 1. The number of hydrogen-bond donors (Lipinski definition) is 2. The fraction of sp³-hybridized carbons (Fsp3) is 0.529. The molecule has 0 aliphatic rings. The molecular weight excluding hydrogens is 282 g/mol. The van der Waals surface area contributed by atoms with Crippen molar-refractivity contribution in [1.29, 1.82) is 0 Å². The molecule has 1 rings (SSSR count). The molecule has 0 radical (unpaired) electrons. The van der Waals surface area contributed by atoms with Gasteiger partial charge >= 0.3 is 5.97 Å². The Bertz CT molecular complexity index is 535. The predicted octanol–water partition coefficient (Wildman–Crippen LogP) is 2.93. The van der Waals surface area contributed by atoms with Crippen LogP contribution in [0.15, 0.2) is 12.1 Å². The number of ether oxygens (including phenoxy) is 1. The van der Waals surface area contributed by atoms with E-state index in [1.165, 1.54) is 0 Å².